The van der Waals surface area contributed by atoms with Crippen LogP contribution in [0.3, 0.4) is 0 Å². The standard InChI is InChI=1S/C14H23N3O3S/c1-2-15-13(19)16-7-5-14(6-8-16)17(9-11-3-4-11)12(18)10-21(14)20/h11H,2-10H2,1H3,(H,15,19). The van der Waals surface area contributed by atoms with Gasteiger partial charge in [0.25, 0.3) is 0 Å². The Balaban J connectivity index is 1.70. The largest absolute Gasteiger partial charge is 0.338 e. The molecule has 3 aliphatic rings. The molecule has 1 atom stereocenters. The van der Waals surface area contributed by atoms with Crippen molar-refractivity contribution in [1.29, 1.82) is 0 Å². The van der Waals surface area contributed by atoms with Crippen LogP contribution >= 0.6 is 0 Å². The van der Waals surface area contributed by atoms with Gasteiger partial charge in [0.15, 0.2) is 0 Å². The minimum absolute atomic E-state index is 0.0340. The summed E-state index contributed by atoms with van der Waals surface area (Å²) in [6.45, 7) is 4.41. The minimum Gasteiger partial charge on any atom is -0.338 e. The molecule has 6 nitrogen and oxygen atoms in total. The van der Waals surface area contributed by atoms with E-state index >= 15 is 0 Å². The number of urea groups is 1. The van der Waals surface area contributed by atoms with Crippen LogP contribution in [0, 0.1) is 5.92 Å². The molecule has 1 aliphatic carbocycles. The quantitative estimate of drug-likeness (QED) is 0.825. The van der Waals surface area contributed by atoms with Crippen molar-refractivity contribution in [1.82, 2.24) is 15.1 Å². The van der Waals surface area contributed by atoms with Crippen LogP contribution in [0.1, 0.15) is 32.6 Å². The summed E-state index contributed by atoms with van der Waals surface area (Å²) in [5.74, 6) is 0.794. The Labute approximate surface area is 127 Å². The molecular formula is C14H23N3O3S. The van der Waals surface area contributed by atoms with Gasteiger partial charge in [0, 0.05) is 39.0 Å². The van der Waals surface area contributed by atoms with Gasteiger partial charge in [0.2, 0.25) is 5.91 Å². The van der Waals surface area contributed by atoms with Crippen LogP contribution in [0.25, 0.3) is 0 Å². The molecule has 2 aliphatic heterocycles. The highest BCUT2D eigenvalue weighted by Gasteiger charge is 2.54. The first-order valence-electron chi connectivity index (χ1n) is 7.78. The van der Waals surface area contributed by atoms with Crippen LogP contribution in [0.5, 0.6) is 0 Å². The molecule has 0 aromatic heterocycles. The molecular weight excluding hydrogens is 290 g/mol. The number of nitrogens with one attached hydrogen (secondary N) is 1. The molecule has 0 aromatic carbocycles. The van der Waals surface area contributed by atoms with Crippen molar-refractivity contribution in [2.45, 2.75) is 37.5 Å². The molecule has 2 heterocycles. The number of hydrogen-bond donors (Lipinski definition) is 1. The van der Waals surface area contributed by atoms with Gasteiger partial charge in [-0.1, -0.05) is 0 Å². The van der Waals surface area contributed by atoms with E-state index in [4.69, 9.17) is 0 Å². The third-order valence-corrected chi connectivity index (χ3v) is 6.75. The monoisotopic (exact) mass is 313 g/mol. The van der Waals surface area contributed by atoms with Crippen molar-refractivity contribution < 1.29 is 13.8 Å². The van der Waals surface area contributed by atoms with E-state index in [9.17, 15) is 13.8 Å². The van der Waals surface area contributed by atoms with Gasteiger partial charge in [-0.15, -0.1) is 0 Å². The Morgan fingerprint density at radius 3 is 2.62 bits per heavy atom. The van der Waals surface area contributed by atoms with Crippen LogP contribution in [-0.2, 0) is 15.6 Å². The molecule has 2 saturated heterocycles. The second-order valence-corrected chi connectivity index (χ2v) is 7.95. The summed E-state index contributed by atoms with van der Waals surface area (Å²) in [5.41, 5.74) is 0. The van der Waals surface area contributed by atoms with E-state index < -0.39 is 15.7 Å². The number of carbonyl (C=O) groups is 2. The summed E-state index contributed by atoms with van der Waals surface area (Å²) < 4.78 is 12.5. The van der Waals surface area contributed by atoms with Crippen LogP contribution in [0.2, 0.25) is 0 Å². The van der Waals surface area contributed by atoms with Gasteiger partial charge < -0.3 is 15.1 Å². The van der Waals surface area contributed by atoms with Crippen molar-refractivity contribution in [2.75, 3.05) is 31.9 Å². The van der Waals surface area contributed by atoms with E-state index in [1.807, 2.05) is 11.8 Å². The number of piperidine rings is 1. The molecule has 3 rings (SSSR count). The van der Waals surface area contributed by atoms with Crippen molar-refractivity contribution in [3.8, 4) is 0 Å². The van der Waals surface area contributed by atoms with Crippen molar-refractivity contribution in [2.24, 2.45) is 5.92 Å². The maximum absolute atomic E-state index is 12.5. The summed E-state index contributed by atoms with van der Waals surface area (Å²) in [5, 5.41) is 2.80. The molecule has 21 heavy (non-hydrogen) atoms. The number of amides is 3. The zero-order valence-corrected chi connectivity index (χ0v) is 13.3. The second-order valence-electron chi connectivity index (χ2n) is 6.21. The van der Waals surface area contributed by atoms with Gasteiger partial charge in [-0.05, 0) is 25.7 Å². The predicted octanol–water partition coefficient (Wildman–Crippen LogP) is 0.509. The smallest absolute Gasteiger partial charge is 0.317 e. The molecule has 1 N–H and O–H groups in total. The number of rotatable bonds is 3. The Morgan fingerprint density at radius 1 is 1.38 bits per heavy atom. The SMILES string of the molecule is CCNC(=O)N1CCC2(CC1)N(CC1CC1)C(=O)CS2=O. The van der Waals surface area contributed by atoms with Gasteiger partial charge in [-0.25, -0.2) is 4.79 Å². The highest BCUT2D eigenvalue weighted by molar-refractivity contribution is 7.87. The first-order chi connectivity index (χ1) is 10.1. The molecule has 3 fully saturated rings. The summed E-state index contributed by atoms with van der Waals surface area (Å²) in [4.78, 5) is 27.2. The number of hydrogen-bond acceptors (Lipinski definition) is 3. The number of nitrogens with zero attached hydrogens (tertiary/aromatic N) is 2. The zero-order chi connectivity index (χ0) is 15.0. The van der Waals surface area contributed by atoms with E-state index in [1.165, 1.54) is 12.8 Å². The van der Waals surface area contributed by atoms with E-state index in [2.05, 4.69) is 5.32 Å². The molecule has 1 spiro atoms. The maximum atomic E-state index is 12.5. The molecule has 1 saturated carbocycles. The molecule has 0 bridgehead atoms. The average molecular weight is 313 g/mol. The number of likely N-dealkylation sites (tertiary alicyclic amines) is 1. The highest BCUT2D eigenvalue weighted by Crippen LogP contribution is 2.41. The maximum Gasteiger partial charge on any atom is 0.317 e. The Kier molecular flexibility index (Phi) is 3.94. The molecule has 1 unspecified atom stereocenters. The van der Waals surface area contributed by atoms with E-state index in [0.29, 0.717) is 38.4 Å². The van der Waals surface area contributed by atoms with Crippen molar-refractivity contribution in [3.05, 3.63) is 0 Å². The topological polar surface area (TPSA) is 69.7 Å². The van der Waals surface area contributed by atoms with Gasteiger partial charge in [0.1, 0.15) is 10.6 Å². The zero-order valence-electron chi connectivity index (χ0n) is 12.5. The Morgan fingerprint density at radius 2 is 2.05 bits per heavy atom. The lowest BCUT2D eigenvalue weighted by Gasteiger charge is -2.43. The fraction of sp³-hybridized carbons (Fsp3) is 0.857. The van der Waals surface area contributed by atoms with Gasteiger partial charge >= 0.3 is 6.03 Å². The lowest BCUT2D eigenvalue weighted by atomic mass is 10.0. The van der Waals surface area contributed by atoms with Crippen molar-refractivity contribution >= 4 is 22.7 Å². The summed E-state index contributed by atoms with van der Waals surface area (Å²) in [6, 6.07) is -0.0591. The van der Waals surface area contributed by atoms with E-state index in [1.54, 1.807) is 4.90 Å². The highest BCUT2D eigenvalue weighted by atomic mass is 32.2. The minimum atomic E-state index is -1.13. The van der Waals surface area contributed by atoms with Crippen LogP contribution in [0.15, 0.2) is 0 Å². The Bertz CT molecular complexity index is 470. The summed E-state index contributed by atoms with van der Waals surface area (Å²) >= 11 is 0. The first-order valence-corrected chi connectivity index (χ1v) is 9.10. The molecule has 0 radical (unpaired) electrons. The van der Waals surface area contributed by atoms with Crippen LogP contribution < -0.4 is 5.32 Å². The van der Waals surface area contributed by atoms with E-state index in [0.717, 1.165) is 6.54 Å². The lowest BCUT2D eigenvalue weighted by Crippen LogP contribution is -2.57. The predicted molar refractivity (Wildman–Crippen MR) is 80.1 cm³/mol. The van der Waals surface area contributed by atoms with Crippen LogP contribution in [-0.4, -0.2) is 62.7 Å². The Hall–Kier alpha value is -1.11. The van der Waals surface area contributed by atoms with Gasteiger partial charge in [-0.2, -0.15) is 0 Å². The second kappa shape index (κ2) is 5.59. The lowest BCUT2D eigenvalue weighted by molar-refractivity contribution is -0.131. The summed E-state index contributed by atoms with van der Waals surface area (Å²) in [6.07, 6.45) is 3.62. The van der Waals surface area contributed by atoms with Crippen LogP contribution in [0.4, 0.5) is 4.79 Å². The van der Waals surface area contributed by atoms with Crippen molar-refractivity contribution in [3.63, 3.8) is 0 Å². The third-order valence-electron chi connectivity index (χ3n) is 4.77. The first kappa shape index (κ1) is 14.8. The fourth-order valence-corrected chi connectivity index (χ4v) is 5.03. The normalized spacial score (nSPS) is 28.2. The molecule has 7 heteroatoms. The molecule has 3 amide bonds. The third kappa shape index (κ3) is 2.67. The van der Waals surface area contributed by atoms with E-state index in [-0.39, 0.29) is 17.7 Å². The van der Waals surface area contributed by atoms with Gasteiger partial charge in [0.05, 0.1) is 10.8 Å². The summed E-state index contributed by atoms with van der Waals surface area (Å²) in [7, 11) is -1.13. The average Bonchev–Trinajstić information content (AvgIpc) is 3.25. The molecule has 118 valence electrons. The van der Waals surface area contributed by atoms with Gasteiger partial charge in [-0.3, -0.25) is 9.00 Å². The molecule has 0 aromatic rings. The number of carbonyl (C=O) groups excluding carboxylic acids is 2. The fourth-order valence-electron chi connectivity index (χ4n) is 3.32.